The predicted octanol–water partition coefficient (Wildman–Crippen LogP) is 2.95. The van der Waals surface area contributed by atoms with Crippen LogP contribution in [0.1, 0.15) is 31.0 Å². The first-order valence-electron chi connectivity index (χ1n) is 8.47. The van der Waals surface area contributed by atoms with Crippen LogP contribution in [0.4, 0.5) is 0 Å². The topological polar surface area (TPSA) is 92.1 Å². The molecule has 8 heteroatoms. The fourth-order valence-corrected chi connectivity index (χ4v) is 2.32. The van der Waals surface area contributed by atoms with Gasteiger partial charge in [-0.3, -0.25) is 0 Å². The number of allylic oxidation sites excluding steroid dienone is 4. The molecule has 1 aromatic heterocycles. The molecule has 0 unspecified atom stereocenters. The number of carbonyl (C=O) groups excluding carboxylic acids is 1. The standard InChI is InChI=1S/C19H23N3O5/c1-5-9-26-22-14-7-6-8-15(10-14)27-18-17(13(2)20-12-21-18)16(11-24-3)19(23)25-4/h6-8,11-12H,5,9-10H2,1-4H3. The lowest BCUT2D eigenvalue weighted by molar-refractivity contribution is -0.133. The van der Waals surface area contributed by atoms with Crippen molar-refractivity contribution in [3.8, 4) is 5.88 Å². The number of hydrogen-bond acceptors (Lipinski definition) is 8. The molecule has 1 heterocycles. The third-order valence-corrected chi connectivity index (χ3v) is 3.54. The van der Waals surface area contributed by atoms with E-state index in [0.29, 0.717) is 30.0 Å². The van der Waals surface area contributed by atoms with Gasteiger partial charge in [-0.2, -0.15) is 0 Å². The zero-order valence-electron chi connectivity index (χ0n) is 15.9. The van der Waals surface area contributed by atoms with Gasteiger partial charge in [0, 0.05) is 0 Å². The molecule has 0 spiro atoms. The SMILES string of the molecule is CCCON=C1C=CC=C(Oc2ncnc(C)c2C(=COC)C(=O)OC)C1. The molecule has 0 aliphatic heterocycles. The molecule has 27 heavy (non-hydrogen) atoms. The first kappa shape index (κ1) is 20.2. The second-order valence-corrected chi connectivity index (χ2v) is 5.58. The average Bonchev–Trinajstić information content (AvgIpc) is 2.67. The normalized spacial score (nSPS) is 15.3. The summed E-state index contributed by atoms with van der Waals surface area (Å²) in [5.41, 5.74) is 1.86. The van der Waals surface area contributed by atoms with E-state index in [1.165, 1.54) is 26.8 Å². The van der Waals surface area contributed by atoms with Crippen molar-refractivity contribution in [2.75, 3.05) is 20.8 Å². The predicted molar refractivity (Wildman–Crippen MR) is 99.9 cm³/mol. The van der Waals surface area contributed by atoms with Gasteiger partial charge < -0.3 is 19.0 Å². The van der Waals surface area contributed by atoms with Gasteiger partial charge in [0.15, 0.2) is 0 Å². The van der Waals surface area contributed by atoms with Crippen LogP contribution in [0.3, 0.4) is 0 Å². The molecule has 1 aliphatic rings. The lowest BCUT2D eigenvalue weighted by atomic mass is 10.1. The fraction of sp³-hybridized carbons (Fsp3) is 0.368. The summed E-state index contributed by atoms with van der Waals surface area (Å²) >= 11 is 0. The molecule has 0 atom stereocenters. The second-order valence-electron chi connectivity index (χ2n) is 5.58. The van der Waals surface area contributed by atoms with Crippen LogP contribution >= 0.6 is 0 Å². The molecule has 0 radical (unpaired) electrons. The van der Waals surface area contributed by atoms with Crippen molar-refractivity contribution in [3.05, 3.63) is 47.8 Å². The highest BCUT2D eigenvalue weighted by Crippen LogP contribution is 2.29. The van der Waals surface area contributed by atoms with Gasteiger partial charge in [0.2, 0.25) is 5.88 Å². The number of oxime groups is 1. The first-order chi connectivity index (χ1) is 13.1. The Labute approximate surface area is 158 Å². The highest BCUT2D eigenvalue weighted by molar-refractivity contribution is 6.17. The molecule has 144 valence electrons. The molecule has 1 aliphatic carbocycles. The number of aromatic nitrogens is 2. The number of hydrogen-bond donors (Lipinski definition) is 0. The average molecular weight is 373 g/mol. The number of ether oxygens (including phenoxy) is 3. The Hall–Kier alpha value is -3.16. The molecule has 0 saturated heterocycles. The number of aryl methyl sites for hydroxylation is 1. The van der Waals surface area contributed by atoms with Gasteiger partial charge in [-0.25, -0.2) is 14.8 Å². The van der Waals surface area contributed by atoms with Crippen molar-refractivity contribution < 1.29 is 23.8 Å². The molecule has 2 rings (SSSR count). The molecular formula is C19H23N3O5. The lowest BCUT2D eigenvalue weighted by Gasteiger charge is -2.16. The molecule has 1 aromatic rings. The molecule has 0 amide bonds. The maximum absolute atomic E-state index is 12.2. The summed E-state index contributed by atoms with van der Waals surface area (Å²) in [6, 6.07) is 0. The number of carbonyl (C=O) groups is 1. The Morgan fingerprint density at radius 3 is 2.85 bits per heavy atom. The van der Waals surface area contributed by atoms with Crippen molar-refractivity contribution in [2.45, 2.75) is 26.7 Å². The summed E-state index contributed by atoms with van der Waals surface area (Å²) < 4.78 is 15.8. The van der Waals surface area contributed by atoms with E-state index >= 15 is 0 Å². The Balaban J connectivity index is 2.30. The molecule has 0 bridgehead atoms. The van der Waals surface area contributed by atoms with E-state index < -0.39 is 5.97 Å². The largest absolute Gasteiger partial charge is 0.503 e. The Kier molecular flexibility index (Phi) is 7.54. The van der Waals surface area contributed by atoms with Crippen molar-refractivity contribution in [3.63, 3.8) is 0 Å². The van der Waals surface area contributed by atoms with E-state index in [9.17, 15) is 4.79 Å². The summed E-state index contributed by atoms with van der Waals surface area (Å²) in [4.78, 5) is 25.7. The summed E-state index contributed by atoms with van der Waals surface area (Å²) in [7, 11) is 2.73. The van der Waals surface area contributed by atoms with E-state index in [-0.39, 0.29) is 11.5 Å². The number of esters is 1. The zero-order valence-corrected chi connectivity index (χ0v) is 15.9. The highest BCUT2D eigenvalue weighted by Gasteiger charge is 2.23. The fourth-order valence-electron chi connectivity index (χ4n) is 2.32. The van der Waals surface area contributed by atoms with Crippen LogP contribution in [-0.4, -0.2) is 42.5 Å². The summed E-state index contributed by atoms with van der Waals surface area (Å²) in [6.45, 7) is 4.31. The van der Waals surface area contributed by atoms with Gasteiger partial charge >= 0.3 is 5.97 Å². The summed E-state index contributed by atoms with van der Waals surface area (Å²) in [5, 5.41) is 4.08. The van der Waals surface area contributed by atoms with Crippen molar-refractivity contribution in [1.82, 2.24) is 9.97 Å². The highest BCUT2D eigenvalue weighted by atomic mass is 16.6. The molecule has 0 saturated carbocycles. The van der Waals surface area contributed by atoms with Crippen molar-refractivity contribution >= 4 is 17.3 Å². The minimum absolute atomic E-state index is 0.167. The van der Waals surface area contributed by atoms with Crippen molar-refractivity contribution in [1.29, 1.82) is 0 Å². The molecule has 8 nitrogen and oxygen atoms in total. The maximum Gasteiger partial charge on any atom is 0.341 e. The monoisotopic (exact) mass is 373 g/mol. The molecule has 0 N–H and O–H groups in total. The molecule has 0 aromatic carbocycles. The van der Waals surface area contributed by atoms with Gasteiger partial charge in [-0.15, -0.1) is 0 Å². The number of nitrogens with zero attached hydrogens (tertiary/aromatic N) is 3. The van der Waals surface area contributed by atoms with Crippen LogP contribution in [0.2, 0.25) is 0 Å². The van der Waals surface area contributed by atoms with Crippen LogP contribution in [0.25, 0.3) is 5.57 Å². The minimum atomic E-state index is -0.577. The first-order valence-corrected chi connectivity index (χ1v) is 8.47. The summed E-state index contributed by atoms with van der Waals surface area (Å²) in [6.07, 6.45) is 9.43. The van der Waals surface area contributed by atoms with Crippen LogP contribution in [0, 0.1) is 6.92 Å². The quantitative estimate of drug-likeness (QED) is 0.227. The van der Waals surface area contributed by atoms with Crippen LogP contribution in [0.5, 0.6) is 5.88 Å². The zero-order chi connectivity index (χ0) is 19.6. The van der Waals surface area contributed by atoms with Gasteiger partial charge in [0.05, 0.1) is 43.9 Å². The third kappa shape index (κ3) is 5.40. The number of rotatable bonds is 8. The van der Waals surface area contributed by atoms with E-state index in [0.717, 1.165) is 12.1 Å². The smallest absolute Gasteiger partial charge is 0.341 e. The Morgan fingerprint density at radius 1 is 1.33 bits per heavy atom. The van der Waals surface area contributed by atoms with E-state index in [1.807, 2.05) is 19.1 Å². The van der Waals surface area contributed by atoms with Crippen molar-refractivity contribution in [2.24, 2.45) is 5.16 Å². The van der Waals surface area contributed by atoms with E-state index in [1.54, 1.807) is 13.0 Å². The van der Waals surface area contributed by atoms with E-state index in [2.05, 4.69) is 15.1 Å². The van der Waals surface area contributed by atoms with E-state index in [4.69, 9.17) is 19.0 Å². The van der Waals surface area contributed by atoms with Gasteiger partial charge in [-0.05, 0) is 25.5 Å². The van der Waals surface area contributed by atoms with Crippen LogP contribution in [-0.2, 0) is 19.1 Å². The number of methoxy groups -OCH3 is 2. The Bertz CT molecular complexity index is 797. The van der Waals surface area contributed by atoms with Gasteiger partial charge in [-0.1, -0.05) is 18.2 Å². The Morgan fingerprint density at radius 2 is 2.15 bits per heavy atom. The third-order valence-electron chi connectivity index (χ3n) is 3.54. The van der Waals surface area contributed by atoms with Gasteiger partial charge in [0.1, 0.15) is 24.3 Å². The summed E-state index contributed by atoms with van der Waals surface area (Å²) in [5.74, 6) is 0.260. The van der Waals surface area contributed by atoms with Crippen LogP contribution in [0.15, 0.2) is 41.7 Å². The van der Waals surface area contributed by atoms with Crippen LogP contribution < -0.4 is 4.74 Å². The second kappa shape index (κ2) is 10.1. The minimum Gasteiger partial charge on any atom is -0.503 e. The maximum atomic E-state index is 12.2. The molecular weight excluding hydrogens is 350 g/mol. The molecule has 0 fully saturated rings. The van der Waals surface area contributed by atoms with Gasteiger partial charge in [0.25, 0.3) is 0 Å². The lowest BCUT2D eigenvalue weighted by Crippen LogP contribution is -2.12.